The van der Waals surface area contributed by atoms with Crippen LogP contribution in [0.15, 0.2) is 47.0 Å². The number of benzene rings is 2. The van der Waals surface area contributed by atoms with E-state index in [9.17, 15) is 4.79 Å². The summed E-state index contributed by atoms with van der Waals surface area (Å²) in [6.07, 6.45) is 0. The van der Waals surface area contributed by atoms with E-state index in [-0.39, 0.29) is 12.1 Å². The summed E-state index contributed by atoms with van der Waals surface area (Å²) in [5, 5.41) is 11.4. The number of urea groups is 1. The number of fused-ring (bicyclic) bond motifs is 1. The van der Waals surface area contributed by atoms with Crippen molar-refractivity contribution >= 4 is 22.5 Å². The predicted octanol–water partition coefficient (Wildman–Crippen LogP) is 3.41. The van der Waals surface area contributed by atoms with Crippen LogP contribution in [0.4, 0.5) is 10.5 Å². The molecule has 0 aliphatic heterocycles. The second kappa shape index (κ2) is 5.85. The maximum Gasteiger partial charge on any atom is 0.319 e. The zero-order valence-corrected chi connectivity index (χ0v) is 12.3. The van der Waals surface area contributed by atoms with Crippen LogP contribution in [0.5, 0.6) is 0 Å². The summed E-state index contributed by atoms with van der Waals surface area (Å²) >= 11 is 0. The zero-order valence-electron chi connectivity index (χ0n) is 12.3. The molecule has 0 saturated carbocycles. The van der Waals surface area contributed by atoms with Gasteiger partial charge in [0.05, 0.1) is 5.69 Å². The van der Waals surface area contributed by atoms with Crippen LogP contribution in [-0.4, -0.2) is 16.2 Å². The van der Waals surface area contributed by atoms with E-state index in [1.165, 1.54) is 0 Å². The number of carbonyl (C=O) groups is 1. The van der Waals surface area contributed by atoms with Crippen molar-refractivity contribution in [2.24, 2.45) is 0 Å². The first-order valence-corrected chi connectivity index (χ1v) is 6.99. The van der Waals surface area contributed by atoms with E-state index in [4.69, 9.17) is 4.52 Å². The van der Waals surface area contributed by atoms with Gasteiger partial charge in [-0.3, -0.25) is 0 Å². The van der Waals surface area contributed by atoms with Crippen molar-refractivity contribution in [3.63, 3.8) is 0 Å². The molecule has 0 bridgehead atoms. The lowest BCUT2D eigenvalue weighted by Crippen LogP contribution is -2.31. The van der Waals surface area contributed by atoms with Crippen molar-refractivity contribution in [1.29, 1.82) is 0 Å². The average molecular weight is 296 g/mol. The summed E-state index contributed by atoms with van der Waals surface area (Å²) in [5.74, 6) is 0.920. The smallest absolute Gasteiger partial charge is 0.319 e. The van der Waals surface area contributed by atoms with Gasteiger partial charge in [0, 0.05) is 5.39 Å². The summed E-state index contributed by atoms with van der Waals surface area (Å²) in [6, 6.07) is 13.0. The molecule has 0 aliphatic rings. The van der Waals surface area contributed by atoms with Crippen LogP contribution in [0.2, 0.25) is 0 Å². The monoisotopic (exact) mass is 296 g/mol. The fourth-order valence-electron chi connectivity index (χ4n) is 2.24. The van der Waals surface area contributed by atoms with Crippen molar-refractivity contribution in [2.45, 2.75) is 19.9 Å². The largest absolute Gasteiger partial charge is 0.337 e. The second-order valence-corrected chi connectivity index (χ2v) is 5.03. The molecule has 1 heterocycles. The molecule has 2 amide bonds. The maximum atomic E-state index is 12.1. The molecule has 112 valence electrons. The van der Waals surface area contributed by atoms with E-state index in [2.05, 4.69) is 20.8 Å². The minimum atomic E-state index is -0.365. The number of rotatable bonds is 3. The van der Waals surface area contributed by atoms with Crippen LogP contribution in [-0.2, 0) is 0 Å². The van der Waals surface area contributed by atoms with E-state index < -0.39 is 0 Å². The number of hydrogen-bond acceptors (Lipinski definition) is 4. The van der Waals surface area contributed by atoms with Gasteiger partial charge in [0.25, 0.3) is 0 Å². The SMILES string of the molecule is Cc1noc([C@@H](C)NC(=O)Nc2cccc3ccccc23)n1. The van der Waals surface area contributed by atoms with Gasteiger partial charge in [-0.25, -0.2) is 4.79 Å². The number of aryl methyl sites for hydroxylation is 1. The summed E-state index contributed by atoms with van der Waals surface area (Å²) in [7, 11) is 0. The summed E-state index contributed by atoms with van der Waals surface area (Å²) in [6.45, 7) is 3.52. The molecule has 6 nitrogen and oxygen atoms in total. The van der Waals surface area contributed by atoms with Crippen LogP contribution in [0.1, 0.15) is 24.7 Å². The van der Waals surface area contributed by atoms with Gasteiger partial charge in [0.1, 0.15) is 6.04 Å². The van der Waals surface area contributed by atoms with Crippen LogP contribution in [0.25, 0.3) is 10.8 Å². The van der Waals surface area contributed by atoms with E-state index in [1.807, 2.05) is 42.5 Å². The number of nitrogens with one attached hydrogen (secondary N) is 2. The highest BCUT2D eigenvalue weighted by Crippen LogP contribution is 2.23. The van der Waals surface area contributed by atoms with Crippen LogP contribution in [0, 0.1) is 6.92 Å². The number of anilines is 1. The number of aromatic nitrogens is 2. The number of nitrogens with zero attached hydrogens (tertiary/aromatic N) is 2. The highest BCUT2D eigenvalue weighted by atomic mass is 16.5. The van der Waals surface area contributed by atoms with E-state index in [1.54, 1.807) is 13.8 Å². The molecule has 0 aliphatic carbocycles. The predicted molar refractivity (Wildman–Crippen MR) is 83.6 cm³/mol. The normalized spacial score (nSPS) is 12.1. The number of carbonyl (C=O) groups excluding carboxylic acids is 1. The first-order chi connectivity index (χ1) is 10.6. The minimum Gasteiger partial charge on any atom is -0.337 e. The lowest BCUT2D eigenvalue weighted by molar-refractivity contribution is 0.245. The van der Waals surface area contributed by atoms with Crippen molar-refractivity contribution in [3.8, 4) is 0 Å². The third-order valence-corrected chi connectivity index (χ3v) is 3.30. The van der Waals surface area contributed by atoms with Gasteiger partial charge in [0.15, 0.2) is 5.82 Å². The Morgan fingerprint density at radius 3 is 2.73 bits per heavy atom. The molecule has 6 heteroatoms. The molecule has 0 unspecified atom stereocenters. The van der Waals surface area contributed by atoms with Gasteiger partial charge in [-0.05, 0) is 25.3 Å². The molecular weight excluding hydrogens is 280 g/mol. The Morgan fingerprint density at radius 1 is 1.18 bits per heavy atom. The lowest BCUT2D eigenvalue weighted by atomic mass is 10.1. The van der Waals surface area contributed by atoms with Crippen LogP contribution >= 0.6 is 0 Å². The van der Waals surface area contributed by atoms with Gasteiger partial charge in [-0.2, -0.15) is 4.98 Å². The molecular formula is C16H16N4O2. The molecule has 3 rings (SSSR count). The van der Waals surface area contributed by atoms with Crippen LogP contribution < -0.4 is 10.6 Å². The standard InChI is InChI=1S/C16H16N4O2/c1-10(15-18-11(2)20-22-15)17-16(21)19-14-9-5-7-12-6-3-4-8-13(12)14/h3-10H,1-2H3,(H2,17,19,21)/t10-/m1/s1. The topological polar surface area (TPSA) is 80.0 Å². The molecule has 0 radical (unpaired) electrons. The fourth-order valence-corrected chi connectivity index (χ4v) is 2.24. The lowest BCUT2D eigenvalue weighted by Gasteiger charge is -2.12. The molecule has 2 N–H and O–H groups in total. The van der Waals surface area contributed by atoms with E-state index >= 15 is 0 Å². The van der Waals surface area contributed by atoms with Gasteiger partial charge in [-0.1, -0.05) is 41.6 Å². The van der Waals surface area contributed by atoms with Gasteiger partial charge in [0.2, 0.25) is 5.89 Å². The highest BCUT2D eigenvalue weighted by molar-refractivity contribution is 6.01. The van der Waals surface area contributed by atoms with E-state index in [0.717, 1.165) is 16.5 Å². The molecule has 0 saturated heterocycles. The van der Waals surface area contributed by atoms with Crippen molar-refractivity contribution in [1.82, 2.24) is 15.5 Å². The van der Waals surface area contributed by atoms with E-state index in [0.29, 0.717) is 11.7 Å². The minimum absolute atomic E-state index is 0.320. The number of amides is 2. The van der Waals surface area contributed by atoms with Gasteiger partial charge < -0.3 is 15.2 Å². The Bertz CT molecular complexity index is 807. The Morgan fingerprint density at radius 2 is 1.95 bits per heavy atom. The summed E-state index contributed by atoms with van der Waals surface area (Å²) in [4.78, 5) is 16.2. The molecule has 22 heavy (non-hydrogen) atoms. The summed E-state index contributed by atoms with van der Waals surface area (Å²) < 4.78 is 5.04. The Balaban J connectivity index is 1.73. The Labute approximate surface area is 127 Å². The average Bonchev–Trinajstić information content (AvgIpc) is 2.94. The molecule has 0 spiro atoms. The Kier molecular flexibility index (Phi) is 3.74. The maximum absolute atomic E-state index is 12.1. The molecule has 3 aromatic rings. The first kappa shape index (κ1) is 14.1. The van der Waals surface area contributed by atoms with Crippen molar-refractivity contribution in [3.05, 3.63) is 54.2 Å². The zero-order chi connectivity index (χ0) is 15.5. The van der Waals surface area contributed by atoms with Crippen molar-refractivity contribution < 1.29 is 9.32 Å². The quantitative estimate of drug-likeness (QED) is 0.776. The number of hydrogen-bond donors (Lipinski definition) is 2. The summed E-state index contributed by atoms with van der Waals surface area (Å²) in [5.41, 5.74) is 0.754. The third-order valence-electron chi connectivity index (χ3n) is 3.30. The molecule has 1 aromatic heterocycles. The second-order valence-electron chi connectivity index (χ2n) is 5.03. The van der Waals surface area contributed by atoms with Gasteiger partial charge >= 0.3 is 6.03 Å². The molecule has 0 fully saturated rings. The third kappa shape index (κ3) is 2.90. The highest BCUT2D eigenvalue weighted by Gasteiger charge is 2.15. The van der Waals surface area contributed by atoms with Crippen LogP contribution in [0.3, 0.4) is 0 Å². The fraction of sp³-hybridized carbons (Fsp3) is 0.188. The Hall–Kier alpha value is -2.89. The van der Waals surface area contributed by atoms with Crippen molar-refractivity contribution in [2.75, 3.05) is 5.32 Å². The first-order valence-electron chi connectivity index (χ1n) is 6.99. The molecule has 1 atom stereocenters. The van der Waals surface area contributed by atoms with Gasteiger partial charge in [-0.15, -0.1) is 0 Å². The molecule has 2 aromatic carbocycles.